The first-order valence-electron chi connectivity index (χ1n) is 6.18. The molecule has 2 N–H and O–H groups in total. The van der Waals surface area contributed by atoms with E-state index < -0.39 is 5.82 Å². The second kappa shape index (κ2) is 7.04. The number of nitrogens with zero attached hydrogens (tertiary/aromatic N) is 2. The molecule has 0 aliphatic carbocycles. The normalized spacial score (nSPS) is 9.38. The fourth-order valence-corrected chi connectivity index (χ4v) is 1.67. The number of halogens is 1. The minimum absolute atomic E-state index is 0.0795. The van der Waals surface area contributed by atoms with Crippen LogP contribution in [-0.4, -0.2) is 11.5 Å². The lowest BCUT2D eigenvalue weighted by Crippen LogP contribution is -2.00. The summed E-state index contributed by atoms with van der Waals surface area (Å²) in [7, 11) is 0. The van der Waals surface area contributed by atoms with E-state index in [1.807, 2.05) is 6.07 Å². The molecular weight excluding hydrogens is 269 g/mol. The Labute approximate surface area is 122 Å². The van der Waals surface area contributed by atoms with Crippen molar-refractivity contribution in [3.8, 4) is 23.7 Å². The fourth-order valence-electron chi connectivity index (χ4n) is 1.67. The molecule has 0 atom stereocenters. The maximum atomic E-state index is 13.2. The minimum Gasteiger partial charge on any atom is -0.487 e. The van der Waals surface area contributed by atoms with Gasteiger partial charge in [-0.05, 0) is 24.3 Å². The molecule has 2 aromatic rings. The van der Waals surface area contributed by atoms with Crippen LogP contribution in [-0.2, 0) is 6.61 Å². The lowest BCUT2D eigenvalue weighted by Gasteiger charge is -2.07. The molecule has 0 aliphatic heterocycles. The molecule has 0 bridgehead atoms. The van der Waals surface area contributed by atoms with Gasteiger partial charge in [0, 0.05) is 17.3 Å². The highest BCUT2D eigenvalue weighted by atomic mass is 19.1. The quantitative estimate of drug-likeness (QED) is 0.873. The summed E-state index contributed by atoms with van der Waals surface area (Å²) in [6.07, 6.45) is 3.12. The van der Waals surface area contributed by atoms with Gasteiger partial charge in [-0.1, -0.05) is 11.8 Å². The zero-order valence-corrected chi connectivity index (χ0v) is 11.1. The van der Waals surface area contributed by atoms with Gasteiger partial charge in [-0.3, -0.25) is 4.98 Å². The SMILES string of the molecule is N#Cc1ccc(F)cc1COc1cncc(C#CCN)c1. The Hall–Kier alpha value is -2.89. The summed E-state index contributed by atoms with van der Waals surface area (Å²) in [6.45, 7) is 0.343. The van der Waals surface area contributed by atoms with Crippen LogP contribution in [0.25, 0.3) is 0 Å². The van der Waals surface area contributed by atoms with Crippen molar-refractivity contribution in [3.05, 3.63) is 59.2 Å². The third-order valence-electron chi connectivity index (χ3n) is 2.63. The van der Waals surface area contributed by atoms with Gasteiger partial charge in [-0.2, -0.15) is 5.26 Å². The molecule has 2 rings (SSSR count). The van der Waals surface area contributed by atoms with Gasteiger partial charge >= 0.3 is 0 Å². The molecule has 104 valence electrons. The highest BCUT2D eigenvalue weighted by molar-refractivity contribution is 5.39. The molecule has 4 nitrogen and oxygen atoms in total. The van der Waals surface area contributed by atoms with Crippen LogP contribution in [0.1, 0.15) is 16.7 Å². The first-order chi connectivity index (χ1) is 10.2. The molecule has 0 aliphatic rings. The average molecular weight is 281 g/mol. The van der Waals surface area contributed by atoms with E-state index in [2.05, 4.69) is 16.8 Å². The number of nitrogens with two attached hydrogens (primary N) is 1. The van der Waals surface area contributed by atoms with Crippen LogP contribution < -0.4 is 10.5 Å². The van der Waals surface area contributed by atoms with Gasteiger partial charge in [0.2, 0.25) is 0 Å². The highest BCUT2D eigenvalue weighted by Crippen LogP contribution is 2.16. The van der Waals surface area contributed by atoms with Crippen molar-refractivity contribution in [2.24, 2.45) is 5.73 Å². The standard InChI is InChI=1S/C16H12FN3O/c17-15-4-3-13(8-19)14(7-15)11-21-16-6-12(2-1-5-18)9-20-10-16/h3-4,6-7,9-10H,5,11,18H2. The van der Waals surface area contributed by atoms with Gasteiger partial charge in [0.05, 0.1) is 24.4 Å². The minimum atomic E-state index is -0.409. The molecule has 0 spiro atoms. The second-order valence-electron chi connectivity index (χ2n) is 4.12. The van der Waals surface area contributed by atoms with E-state index in [0.29, 0.717) is 22.4 Å². The smallest absolute Gasteiger partial charge is 0.139 e. The number of pyridine rings is 1. The van der Waals surface area contributed by atoms with Crippen molar-refractivity contribution in [2.45, 2.75) is 6.61 Å². The highest BCUT2D eigenvalue weighted by Gasteiger charge is 2.05. The topological polar surface area (TPSA) is 71.9 Å². The number of ether oxygens (including phenoxy) is 1. The van der Waals surface area contributed by atoms with Crippen molar-refractivity contribution >= 4 is 0 Å². The average Bonchev–Trinajstić information content (AvgIpc) is 2.51. The van der Waals surface area contributed by atoms with Gasteiger partial charge in [-0.25, -0.2) is 4.39 Å². The molecule has 21 heavy (non-hydrogen) atoms. The maximum absolute atomic E-state index is 13.2. The predicted octanol–water partition coefficient (Wildman–Crippen LogP) is 1.98. The lowest BCUT2D eigenvalue weighted by molar-refractivity contribution is 0.304. The van der Waals surface area contributed by atoms with Crippen LogP contribution in [0, 0.1) is 29.0 Å². The maximum Gasteiger partial charge on any atom is 0.139 e. The predicted molar refractivity (Wildman–Crippen MR) is 75.6 cm³/mol. The zero-order chi connectivity index (χ0) is 15.1. The van der Waals surface area contributed by atoms with E-state index in [1.165, 1.54) is 24.4 Å². The third kappa shape index (κ3) is 4.04. The Morgan fingerprint density at radius 3 is 2.90 bits per heavy atom. The largest absolute Gasteiger partial charge is 0.487 e. The summed E-state index contributed by atoms with van der Waals surface area (Å²) in [4.78, 5) is 4.00. The Bertz CT molecular complexity index is 741. The molecule has 1 heterocycles. The van der Waals surface area contributed by atoms with E-state index in [1.54, 1.807) is 12.3 Å². The van der Waals surface area contributed by atoms with Crippen LogP contribution in [0.4, 0.5) is 4.39 Å². The van der Waals surface area contributed by atoms with Crippen LogP contribution >= 0.6 is 0 Å². The summed E-state index contributed by atoms with van der Waals surface area (Å²) >= 11 is 0. The van der Waals surface area contributed by atoms with Crippen LogP contribution in [0.2, 0.25) is 0 Å². The van der Waals surface area contributed by atoms with Gasteiger partial charge in [-0.15, -0.1) is 0 Å². The number of benzene rings is 1. The Kier molecular flexibility index (Phi) is 4.87. The lowest BCUT2D eigenvalue weighted by atomic mass is 10.1. The molecule has 0 radical (unpaired) electrons. The van der Waals surface area contributed by atoms with E-state index in [0.717, 1.165) is 0 Å². The summed E-state index contributed by atoms with van der Waals surface area (Å²) in [5.41, 5.74) is 6.84. The molecule has 0 saturated heterocycles. The Morgan fingerprint density at radius 1 is 1.29 bits per heavy atom. The van der Waals surface area contributed by atoms with Crippen molar-refractivity contribution < 1.29 is 9.13 Å². The third-order valence-corrected chi connectivity index (χ3v) is 2.63. The van der Waals surface area contributed by atoms with Gasteiger partial charge in [0.15, 0.2) is 0 Å². The van der Waals surface area contributed by atoms with Crippen molar-refractivity contribution in [1.82, 2.24) is 4.98 Å². The fraction of sp³-hybridized carbons (Fsp3) is 0.125. The Morgan fingerprint density at radius 2 is 2.14 bits per heavy atom. The van der Waals surface area contributed by atoms with E-state index in [9.17, 15) is 4.39 Å². The number of hydrogen-bond acceptors (Lipinski definition) is 4. The van der Waals surface area contributed by atoms with Crippen LogP contribution in [0.15, 0.2) is 36.7 Å². The van der Waals surface area contributed by atoms with Gasteiger partial charge in [0.25, 0.3) is 0 Å². The van der Waals surface area contributed by atoms with E-state index in [-0.39, 0.29) is 13.2 Å². The monoisotopic (exact) mass is 281 g/mol. The van der Waals surface area contributed by atoms with E-state index in [4.69, 9.17) is 15.7 Å². The van der Waals surface area contributed by atoms with Crippen molar-refractivity contribution in [1.29, 1.82) is 5.26 Å². The molecule has 1 aromatic heterocycles. The summed E-state index contributed by atoms with van der Waals surface area (Å²) in [6, 6.07) is 7.66. The Balaban J connectivity index is 2.13. The number of hydrogen-bond donors (Lipinski definition) is 1. The number of aromatic nitrogens is 1. The van der Waals surface area contributed by atoms with Crippen LogP contribution in [0.3, 0.4) is 0 Å². The molecular formula is C16H12FN3O. The summed E-state index contributed by atoms with van der Waals surface area (Å²) < 4.78 is 18.7. The number of rotatable bonds is 3. The molecule has 0 fully saturated rings. The first-order valence-corrected chi connectivity index (χ1v) is 6.18. The molecule has 5 heteroatoms. The molecule has 0 saturated carbocycles. The summed E-state index contributed by atoms with van der Waals surface area (Å²) in [5.74, 6) is 5.65. The molecule has 1 aromatic carbocycles. The second-order valence-corrected chi connectivity index (χ2v) is 4.12. The first kappa shape index (κ1) is 14.5. The van der Waals surface area contributed by atoms with Gasteiger partial charge in [0.1, 0.15) is 18.2 Å². The molecule has 0 amide bonds. The van der Waals surface area contributed by atoms with Crippen LogP contribution in [0.5, 0.6) is 5.75 Å². The summed E-state index contributed by atoms with van der Waals surface area (Å²) in [5, 5.41) is 8.98. The van der Waals surface area contributed by atoms with Crippen molar-refractivity contribution in [2.75, 3.05) is 6.54 Å². The van der Waals surface area contributed by atoms with E-state index >= 15 is 0 Å². The number of nitriles is 1. The van der Waals surface area contributed by atoms with Gasteiger partial charge < -0.3 is 10.5 Å². The van der Waals surface area contributed by atoms with Crippen molar-refractivity contribution in [3.63, 3.8) is 0 Å². The zero-order valence-electron chi connectivity index (χ0n) is 11.1. The molecule has 0 unspecified atom stereocenters.